The van der Waals surface area contributed by atoms with E-state index < -0.39 is 6.10 Å². The first-order valence-electron chi connectivity index (χ1n) is 7.39. The van der Waals surface area contributed by atoms with E-state index in [4.69, 9.17) is 0 Å². The minimum Gasteiger partial charge on any atom is -0.386 e. The summed E-state index contributed by atoms with van der Waals surface area (Å²) < 4.78 is 0. The van der Waals surface area contributed by atoms with Gasteiger partial charge in [0.2, 0.25) is 0 Å². The standard InChI is InChI=1S/C16H25N3O.HI/c1-4-17-16(19-14-9-12(14)3)18-10-15(20)13-7-5-11(2)6-8-13;/h5-8,12,14-15,20H,4,9-10H2,1-3H3,(H2,17,18,19);1H. The predicted octanol–water partition coefficient (Wildman–Crippen LogP) is 2.61. The second-order valence-corrected chi connectivity index (χ2v) is 5.61. The number of halogens is 1. The molecule has 118 valence electrons. The van der Waals surface area contributed by atoms with Crippen LogP contribution in [0.5, 0.6) is 0 Å². The number of aliphatic hydroxyl groups is 1. The maximum absolute atomic E-state index is 10.2. The molecule has 0 spiro atoms. The van der Waals surface area contributed by atoms with E-state index in [1.807, 2.05) is 38.1 Å². The highest BCUT2D eigenvalue weighted by Crippen LogP contribution is 2.28. The highest BCUT2D eigenvalue weighted by Gasteiger charge is 2.33. The van der Waals surface area contributed by atoms with Crippen molar-refractivity contribution in [2.45, 2.75) is 39.3 Å². The van der Waals surface area contributed by atoms with Crippen LogP contribution in [0.15, 0.2) is 29.3 Å². The van der Waals surface area contributed by atoms with Crippen LogP contribution in [0, 0.1) is 12.8 Å². The molecule has 1 saturated carbocycles. The van der Waals surface area contributed by atoms with E-state index in [9.17, 15) is 5.11 Å². The summed E-state index contributed by atoms with van der Waals surface area (Å²) >= 11 is 0. The van der Waals surface area contributed by atoms with Gasteiger partial charge in [-0.1, -0.05) is 36.8 Å². The van der Waals surface area contributed by atoms with Gasteiger partial charge >= 0.3 is 0 Å². The quantitative estimate of drug-likeness (QED) is 0.403. The number of nitrogens with zero attached hydrogens (tertiary/aromatic N) is 1. The van der Waals surface area contributed by atoms with Crippen LogP contribution in [-0.2, 0) is 0 Å². The molecule has 0 aromatic heterocycles. The number of hydrogen-bond acceptors (Lipinski definition) is 2. The van der Waals surface area contributed by atoms with Crippen molar-refractivity contribution in [1.82, 2.24) is 10.6 Å². The molecule has 3 unspecified atom stereocenters. The topological polar surface area (TPSA) is 56.7 Å². The van der Waals surface area contributed by atoms with Crippen LogP contribution in [0.25, 0.3) is 0 Å². The fourth-order valence-corrected chi connectivity index (χ4v) is 2.09. The summed E-state index contributed by atoms with van der Waals surface area (Å²) in [6.07, 6.45) is 0.646. The van der Waals surface area contributed by atoms with Gasteiger partial charge in [0.1, 0.15) is 0 Å². The van der Waals surface area contributed by atoms with Crippen LogP contribution < -0.4 is 10.6 Å². The van der Waals surface area contributed by atoms with Gasteiger partial charge in [0.15, 0.2) is 5.96 Å². The minimum atomic E-state index is -0.553. The summed E-state index contributed by atoms with van der Waals surface area (Å²) in [5, 5.41) is 16.8. The van der Waals surface area contributed by atoms with Crippen LogP contribution >= 0.6 is 24.0 Å². The first-order chi connectivity index (χ1) is 9.60. The molecule has 1 aromatic carbocycles. The second-order valence-electron chi connectivity index (χ2n) is 5.61. The van der Waals surface area contributed by atoms with Crippen molar-refractivity contribution in [3.63, 3.8) is 0 Å². The zero-order valence-corrected chi connectivity index (χ0v) is 15.3. The maximum Gasteiger partial charge on any atom is 0.191 e. The van der Waals surface area contributed by atoms with E-state index in [1.54, 1.807) is 0 Å². The van der Waals surface area contributed by atoms with E-state index in [1.165, 1.54) is 12.0 Å². The molecule has 0 radical (unpaired) electrons. The molecule has 3 N–H and O–H groups in total. The van der Waals surface area contributed by atoms with Crippen molar-refractivity contribution in [2.75, 3.05) is 13.1 Å². The first-order valence-corrected chi connectivity index (χ1v) is 7.39. The molecule has 1 aromatic rings. The Morgan fingerprint density at radius 2 is 2.00 bits per heavy atom. The maximum atomic E-state index is 10.2. The Hall–Kier alpha value is -0.820. The number of nitrogens with one attached hydrogen (secondary N) is 2. The SMILES string of the molecule is CCNC(=NCC(O)c1ccc(C)cc1)NC1CC1C.I. The van der Waals surface area contributed by atoms with E-state index in [0.29, 0.717) is 12.6 Å². The van der Waals surface area contributed by atoms with Crippen molar-refractivity contribution >= 4 is 29.9 Å². The molecule has 21 heavy (non-hydrogen) atoms. The van der Waals surface area contributed by atoms with Gasteiger partial charge < -0.3 is 15.7 Å². The largest absolute Gasteiger partial charge is 0.386 e. The number of aryl methyl sites for hydroxylation is 1. The number of aliphatic imine (C=N–C) groups is 1. The van der Waals surface area contributed by atoms with Gasteiger partial charge in [-0.05, 0) is 31.7 Å². The summed E-state index contributed by atoms with van der Waals surface area (Å²) in [5.41, 5.74) is 2.11. The lowest BCUT2D eigenvalue weighted by Gasteiger charge is -2.13. The molecule has 0 bridgehead atoms. The smallest absolute Gasteiger partial charge is 0.191 e. The zero-order chi connectivity index (χ0) is 14.5. The lowest BCUT2D eigenvalue weighted by molar-refractivity contribution is 0.187. The van der Waals surface area contributed by atoms with Crippen LogP contribution in [0.3, 0.4) is 0 Å². The third-order valence-electron chi connectivity index (χ3n) is 3.66. The summed E-state index contributed by atoms with van der Waals surface area (Å²) in [6, 6.07) is 8.47. The molecule has 1 aliphatic carbocycles. The van der Waals surface area contributed by atoms with E-state index in [2.05, 4.69) is 22.5 Å². The molecule has 0 amide bonds. The van der Waals surface area contributed by atoms with Gasteiger partial charge in [-0.2, -0.15) is 0 Å². The van der Waals surface area contributed by atoms with Gasteiger partial charge in [-0.25, -0.2) is 0 Å². The van der Waals surface area contributed by atoms with Gasteiger partial charge in [-0.15, -0.1) is 24.0 Å². The molecule has 1 fully saturated rings. The van der Waals surface area contributed by atoms with Crippen molar-refractivity contribution in [3.05, 3.63) is 35.4 Å². The average molecular weight is 403 g/mol. The zero-order valence-electron chi connectivity index (χ0n) is 13.0. The monoisotopic (exact) mass is 403 g/mol. The van der Waals surface area contributed by atoms with Gasteiger partial charge in [0, 0.05) is 12.6 Å². The summed E-state index contributed by atoms with van der Waals surface area (Å²) in [6.45, 7) is 7.51. The fraction of sp³-hybridized carbons (Fsp3) is 0.562. The van der Waals surface area contributed by atoms with Gasteiger partial charge in [0.25, 0.3) is 0 Å². The third-order valence-corrected chi connectivity index (χ3v) is 3.66. The highest BCUT2D eigenvalue weighted by molar-refractivity contribution is 14.0. The van der Waals surface area contributed by atoms with Crippen LogP contribution in [0.4, 0.5) is 0 Å². The number of guanidine groups is 1. The Morgan fingerprint density at radius 3 is 2.52 bits per heavy atom. The molecule has 0 saturated heterocycles. The van der Waals surface area contributed by atoms with Gasteiger partial charge in [-0.3, -0.25) is 4.99 Å². The molecule has 0 aliphatic heterocycles. The lowest BCUT2D eigenvalue weighted by atomic mass is 10.1. The Bertz CT molecular complexity index is 461. The number of benzene rings is 1. The van der Waals surface area contributed by atoms with Crippen LogP contribution in [0.1, 0.15) is 37.5 Å². The van der Waals surface area contributed by atoms with Gasteiger partial charge in [0.05, 0.1) is 12.6 Å². The Labute approximate surface area is 144 Å². The van der Waals surface area contributed by atoms with Crippen molar-refractivity contribution in [3.8, 4) is 0 Å². The third kappa shape index (κ3) is 5.82. The van der Waals surface area contributed by atoms with Crippen molar-refractivity contribution in [2.24, 2.45) is 10.9 Å². The molecule has 4 nitrogen and oxygen atoms in total. The fourth-order valence-electron chi connectivity index (χ4n) is 2.09. The Kier molecular flexibility index (Phi) is 7.45. The molecule has 2 rings (SSSR count). The Morgan fingerprint density at radius 1 is 1.38 bits per heavy atom. The predicted molar refractivity (Wildman–Crippen MR) is 98.2 cm³/mol. The molecule has 3 atom stereocenters. The molecular weight excluding hydrogens is 377 g/mol. The summed E-state index contributed by atoms with van der Waals surface area (Å²) in [5.74, 6) is 1.52. The van der Waals surface area contributed by atoms with E-state index >= 15 is 0 Å². The normalized spacial score (nSPS) is 22.2. The highest BCUT2D eigenvalue weighted by atomic mass is 127. The van der Waals surface area contributed by atoms with Crippen molar-refractivity contribution in [1.29, 1.82) is 0 Å². The van der Waals surface area contributed by atoms with Crippen LogP contribution in [0.2, 0.25) is 0 Å². The second kappa shape index (κ2) is 8.58. The summed E-state index contributed by atoms with van der Waals surface area (Å²) in [7, 11) is 0. The molecule has 5 heteroatoms. The summed E-state index contributed by atoms with van der Waals surface area (Å²) in [4.78, 5) is 4.47. The molecular formula is C16H26IN3O. The number of hydrogen-bond donors (Lipinski definition) is 3. The number of rotatable bonds is 5. The van der Waals surface area contributed by atoms with Crippen LogP contribution in [-0.4, -0.2) is 30.2 Å². The average Bonchev–Trinajstić information content (AvgIpc) is 3.12. The Balaban J connectivity index is 0.00000220. The minimum absolute atomic E-state index is 0. The van der Waals surface area contributed by atoms with Crippen molar-refractivity contribution < 1.29 is 5.11 Å². The first kappa shape index (κ1) is 18.2. The van der Waals surface area contributed by atoms with E-state index in [0.717, 1.165) is 24.0 Å². The number of aliphatic hydroxyl groups excluding tert-OH is 1. The molecule has 0 heterocycles. The lowest BCUT2D eigenvalue weighted by Crippen LogP contribution is -2.39. The molecule has 1 aliphatic rings. The van der Waals surface area contributed by atoms with E-state index in [-0.39, 0.29) is 24.0 Å².